The van der Waals surface area contributed by atoms with Crippen LogP contribution < -0.4 is 31.7 Å². The molecule has 0 bridgehead atoms. The van der Waals surface area contributed by atoms with Gasteiger partial charge in [-0.1, -0.05) is 54.1 Å². The molecule has 5 heterocycles. The molecule has 2 aliphatic heterocycles. The molecule has 2 atom stereocenters. The highest BCUT2D eigenvalue weighted by Crippen LogP contribution is 2.40. The van der Waals surface area contributed by atoms with Gasteiger partial charge in [-0.2, -0.15) is 0 Å². The van der Waals surface area contributed by atoms with E-state index >= 15 is 0 Å². The van der Waals surface area contributed by atoms with Crippen LogP contribution in [0.25, 0.3) is 39.2 Å². The van der Waals surface area contributed by atoms with E-state index in [1.54, 1.807) is 16.8 Å². The molecule has 3 aromatic heterocycles. The fourth-order valence-electron chi connectivity index (χ4n) is 7.16. The molecule has 7 rings (SSSR count). The number of benzene rings is 2. The van der Waals surface area contributed by atoms with Crippen molar-refractivity contribution in [3.8, 4) is 33.5 Å². The second kappa shape index (κ2) is 15.2. The summed E-state index contributed by atoms with van der Waals surface area (Å²) in [5.74, 6) is 1.04. The number of fused-ring (bicyclic) bond motifs is 1. The fraction of sp³-hybridized carbons (Fsp3) is 0.325. The Balaban J connectivity index is 1.11. The molecule has 268 valence electrons. The number of rotatable bonds is 12. The first-order chi connectivity index (χ1) is 25.2. The maximum Gasteiger partial charge on any atom is 0.262 e. The molecule has 5 aromatic rings. The predicted molar refractivity (Wildman–Crippen MR) is 205 cm³/mol. The van der Waals surface area contributed by atoms with Crippen LogP contribution >= 0.6 is 11.6 Å². The summed E-state index contributed by atoms with van der Waals surface area (Å²) in [6.45, 7) is 4.41. The van der Waals surface area contributed by atoms with E-state index in [-0.39, 0.29) is 29.5 Å². The van der Waals surface area contributed by atoms with Crippen molar-refractivity contribution < 1.29 is 9.59 Å². The first-order valence-electron chi connectivity index (χ1n) is 17.7. The second-order valence-corrected chi connectivity index (χ2v) is 14.2. The van der Waals surface area contributed by atoms with Crippen LogP contribution in [0.4, 0.5) is 5.82 Å². The Kier molecular flexibility index (Phi) is 10.4. The molecule has 2 aliphatic rings. The van der Waals surface area contributed by atoms with E-state index in [0.717, 1.165) is 63.3 Å². The van der Waals surface area contributed by atoms with Gasteiger partial charge in [0.1, 0.15) is 11.5 Å². The summed E-state index contributed by atoms with van der Waals surface area (Å²) in [7, 11) is 3.96. The van der Waals surface area contributed by atoms with Crippen LogP contribution in [0.3, 0.4) is 0 Å². The van der Waals surface area contributed by atoms with Gasteiger partial charge in [0.05, 0.1) is 10.7 Å². The number of amides is 2. The number of carbonyl (C=O) groups is 2. The van der Waals surface area contributed by atoms with Crippen molar-refractivity contribution in [2.24, 2.45) is 0 Å². The maximum atomic E-state index is 13.3. The van der Waals surface area contributed by atoms with Gasteiger partial charge in [-0.25, -0.2) is 9.97 Å². The molecule has 2 aromatic carbocycles. The summed E-state index contributed by atoms with van der Waals surface area (Å²) in [5.41, 5.74) is 8.60. The van der Waals surface area contributed by atoms with Crippen molar-refractivity contribution in [2.45, 2.75) is 57.8 Å². The Morgan fingerprint density at radius 2 is 1.46 bits per heavy atom. The summed E-state index contributed by atoms with van der Waals surface area (Å²) in [4.78, 5) is 48.0. The quantitative estimate of drug-likeness (QED) is 0.144. The summed E-state index contributed by atoms with van der Waals surface area (Å²) in [6, 6.07) is 20.4. The molecule has 52 heavy (non-hydrogen) atoms. The van der Waals surface area contributed by atoms with Crippen molar-refractivity contribution in [3.63, 3.8) is 0 Å². The average molecular weight is 719 g/mol. The lowest BCUT2D eigenvalue weighted by Gasteiger charge is -2.20. The average Bonchev–Trinajstić information content (AvgIpc) is 3.76. The third-order valence-electron chi connectivity index (χ3n) is 9.95. The van der Waals surface area contributed by atoms with Gasteiger partial charge in [-0.15, -0.1) is 0 Å². The molecule has 0 radical (unpaired) electrons. The van der Waals surface area contributed by atoms with Gasteiger partial charge in [0.15, 0.2) is 0 Å². The molecule has 0 aliphatic carbocycles. The van der Waals surface area contributed by atoms with Crippen molar-refractivity contribution in [3.05, 3.63) is 105 Å². The van der Waals surface area contributed by atoms with Gasteiger partial charge in [0, 0.05) is 99.8 Å². The van der Waals surface area contributed by atoms with Gasteiger partial charge in [-0.3, -0.25) is 18.8 Å². The third kappa shape index (κ3) is 7.43. The van der Waals surface area contributed by atoms with Gasteiger partial charge in [0.25, 0.3) is 5.56 Å². The highest BCUT2D eigenvalue weighted by Gasteiger charge is 2.22. The zero-order valence-corrected chi connectivity index (χ0v) is 30.4. The van der Waals surface area contributed by atoms with Gasteiger partial charge in [-0.05, 0) is 60.2 Å². The monoisotopic (exact) mass is 718 g/mol. The molecular weight excluding hydrogens is 676 g/mol. The predicted octanol–water partition coefficient (Wildman–Crippen LogP) is 4.85. The topological polar surface area (TPSA) is 133 Å². The highest BCUT2D eigenvalue weighted by molar-refractivity contribution is 6.36. The van der Waals surface area contributed by atoms with Crippen LogP contribution in [0.15, 0.2) is 77.9 Å². The van der Waals surface area contributed by atoms with E-state index < -0.39 is 0 Å². The first-order valence-corrected chi connectivity index (χ1v) is 18.1. The van der Waals surface area contributed by atoms with E-state index in [0.29, 0.717) is 55.3 Å². The van der Waals surface area contributed by atoms with E-state index in [9.17, 15) is 14.4 Å². The van der Waals surface area contributed by atoms with Crippen molar-refractivity contribution >= 4 is 34.9 Å². The Labute approximate surface area is 307 Å². The maximum absolute atomic E-state index is 13.3. The number of halogens is 1. The Hall–Kier alpha value is -5.10. The fourth-order valence-corrected chi connectivity index (χ4v) is 7.48. The van der Waals surface area contributed by atoms with Crippen LogP contribution in [-0.4, -0.2) is 65.5 Å². The number of nitrogens with zero attached hydrogens (tertiary/aromatic N) is 4. The standard InChI is InChI=1S/C40H43ClN8O3/c1-24-30(25-16-17-49-35(18-25)44-21-27(40(49)52)20-43-23-29-12-15-37(51)46-29)6-4-7-31(24)32-8-5-9-33(38(32)41)34-13-10-26(39(47-34)48(2)3)19-42-22-28-11-14-36(50)45-28/h4-10,13,16-18,21,28-29,42-43H,11-12,14-15,19-20,22-23H2,1-3H3,(H,45,50)(H,46,51)/t28-,29-/m0/s1. The number of hydrogen-bond acceptors (Lipinski definition) is 8. The zero-order valence-electron chi connectivity index (χ0n) is 29.6. The second-order valence-electron chi connectivity index (χ2n) is 13.8. The highest BCUT2D eigenvalue weighted by atomic mass is 35.5. The lowest BCUT2D eigenvalue weighted by molar-refractivity contribution is -0.120. The van der Waals surface area contributed by atoms with Gasteiger partial charge >= 0.3 is 0 Å². The number of hydrogen-bond donors (Lipinski definition) is 4. The molecule has 2 fully saturated rings. The van der Waals surface area contributed by atoms with E-state index in [1.807, 2.05) is 61.5 Å². The lowest BCUT2D eigenvalue weighted by Crippen LogP contribution is -2.36. The Morgan fingerprint density at radius 1 is 0.827 bits per heavy atom. The molecular formula is C40H43ClN8O3. The summed E-state index contributed by atoms with van der Waals surface area (Å²) >= 11 is 7.21. The van der Waals surface area contributed by atoms with E-state index in [4.69, 9.17) is 16.6 Å². The molecule has 0 unspecified atom stereocenters. The summed E-state index contributed by atoms with van der Waals surface area (Å²) in [6.07, 6.45) is 6.19. The van der Waals surface area contributed by atoms with Gasteiger partial charge in [0.2, 0.25) is 11.8 Å². The number of carbonyl (C=O) groups excluding carboxylic acids is 2. The lowest BCUT2D eigenvalue weighted by atomic mass is 9.92. The third-order valence-corrected chi connectivity index (χ3v) is 10.4. The minimum absolute atomic E-state index is 0.0726. The summed E-state index contributed by atoms with van der Waals surface area (Å²) in [5, 5.41) is 13.3. The normalized spacial score (nSPS) is 17.1. The molecule has 2 amide bonds. The first kappa shape index (κ1) is 35.3. The van der Waals surface area contributed by atoms with Crippen LogP contribution in [-0.2, 0) is 22.7 Å². The SMILES string of the molecule is Cc1c(-c2ccn3c(=O)c(CNC[C@@H]4CCC(=O)N4)cnc3c2)cccc1-c1cccc(-c2ccc(CNC[C@@H]3CCC(=O)N3)c(N(C)C)n2)c1Cl. The number of aromatic nitrogens is 3. The zero-order chi connectivity index (χ0) is 36.4. The molecule has 2 saturated heterocycles. The van der Waals surface area contributed by atoms with Crippen LogP contribution in [0, 0.1) is 6.92 Å². The molecule has 0 saturated carbocycles. The largest absolute Gasteiger partial charge is 0.362 e. The van der Waals surface area contributed by atoms with E-state index in [1.165, 1.54) is 0 Å². The van der Waals surface area contributed by atoms with Crippen LogP contribution in [0.5, 0.6) is 0 Å². The number of nitrogens with one attached hydrogen (secondary N) is 4. The van der Waals surface area contributed by atoms with Crippen molar-refractivity contribution in [1.82, 2.24) is 35.6 Å². The van der Waals surface area contributed by atoms with Crippen LogP contribution in [0.1, 0.15) is 42.4 Å². The van der Waals surface area contributed by atoms with Crippen molar-refractivity contribution in [2.75, 3.05) is 32.1 Å². The molecule has 4 N–H and O–H groups in total. The van der Waals surface area contributed by atoms with Crippen molar-refractivity contribution in [1.29, 1.82) is 0 Å². The Morgan fingerprint density at radius 3 is 2.12 bits per heavy atom. The summed E-state index contributed by atoms with van der Waals surface area (Å²) < 4.78 is 1.57. The smallest absolute Gasteiger partial charge is 0.262 e. The number of anilines is 1. The minimum atomic E-state index is -0.122. The van der Waals surface area contributed by atoms with E-state index in [2.05, 4.69) is 51.4 Å². The molecule has 12 heteroatoms. The van der Waals surface area contributed by atoms with Crippen LogP contribution in [0.2, 0.25) is 5.02 Å². The number of pyridine rings is 2. The Bertz CT molecular complexity index is 2220. The molecule has 11 nitrogen and oxygen atoms in total. The van der Waals surface area contributed by atoms with Gasteiger partial charge < -0.3 is 26.2 Å². The minimum Gasteiger partial charge on any atom is -0.362 e. The molecule has 0 spiro atoms.